The summed E-state index contributed by atoms with van der Waals surface area (Å²) >= 11 is 0.236. The molecule has 0 radical (unpaired) electrons. The van der Waals surface area contributed by atoms with Crippen LogP contribution in [0.4, 0.5) is 24.0 Å². The minimum absolute atomic E-state index is 0.0476. The fourth-order valence-electron chi connectivity index (χ4n) is 2.51. The van der Waals surface area contributed by atoms with Gasteiger partial charge in [-0.2, -0.15) is 13.2 Å². The van der Waals surface area contributed by atoms with Crippen LogP contribution >= 0.6 is 11.3 Å². The topological polar surface area (TPSA) is 84.4 Å². The van der Waals surface area contributed by atoms with Crippen LogP contribution < -0.4 is 15.0 Å². The van der Waals surface area contributed by atoms with Gasteiger partial charge in [0.25, 0.3) is 0 Å². The maximum absolute atomic E-state index is 12.5. The summed E-state index contributed by atoms with van der Waals surface area (Å²) in [4.78, 5) is 25.9. The molecule has 2 heterocycles. The number of alkyl halides is 3. The second kappa shape index (κ2) is 6.90. The minimum atomic E-state index is -4.62. The molecule has 2 aromatic rings. The molecular formula is C15H13F3N4O3S. The number of nitrogens with zero attached hydrogens (tertiary/aromatic N) is 3. The van der Waals surface area contributed by atoms with Crippen molar-refractivity contribution in [3.63, 3.8) is 0 Å². The second-order valence-corrected chi connectivity index (χ2v) is 6.48. The Hall–Kier alpha value is -2.69. The Morgan fingerprint density at radius 2 is 2.15 bits per heavy atom. The zero-order valence-corrected chi connectivity index (χ0v) is 14.2. The van der Waals surface area contributed by atoms with E-state index in [9.17, 15) is 22.8 Å². The molecule has 1 aliphatic rings. The Bertz CT molecular complexity index is 840. The van der Waals surface area contributed by atoms with Crippen LogP contribution in [0.15, 0.2) is 24.3 Å². The number of carbonyl (C=O) groups is 2. The molecule has 0 unspecified atom stereocenters. The molecule has 1 aromatic heterocycles. The van der Waals surface area contributed by atoms with E-state index in [1.807, 2.05) is 0 Å². The molecule has 3 rings (SSSR count). The van der Waals surface area contributed by atoms with Crippen molar-refractivity contribution in [2.45, 2.75) is 12.6 Å². The van der Waals surface area contributed by atoms with Crippen LogP contribution in [0.25, 0.3) is 0 Å². The third-order valence-corrected chi connectivity index (χ3v) is 4.64. The molecule has 1 atom stereocenters. The van der Waals surface area contributed by atoms with E-state index in [4.69, 9.17) is 4.74 Å². The van der Waals surface area contributed by atoms with E-state index in [0.717, 1.165) is 0 Å². The lowest BCUT2D eigenvalue weighted by atomic mass is 10.1. The molecule has 0 spiro atoms. The van der Waals surface area contributed by atoms with E-state index in [-0.39, 0.29) is 35.3 Å². The fraction of sp³-hybridized carbons (Fsp3) is 0.333. The lowest BCUT2D eigenvalue weighted by Crippen LogP contribution is -2.28. The van der Waals surface area contributed by atoms with Gasteiger partial charge in [0.05, 0.1) is 13.0 Å². The molecule has 1 saturated heterocycles. The van der Waals surface area contributed by atoms with E-state index in [2.05, 4.69) is 15.5 Å². The molecule has 26 heavy (non-hydrogen) atoms. The predicted octanol–water partition coefficient (Wildman–Crippen LogP) is 2.56. The number of amides is 2. The highest BCUT2D eigenvalue weighted by Gasteiger charge is 2.38. The molecule has 1 N–H and O–H groups in total. The number of ether oxygens (including phenoxy) is 1. The Morgan fingerprint density at radius 3 is 2.81 bits per heavy atom. The Kier molecular flexibility index (Phi) is 4.81. The summed E-state index contributed by atoms with van der Waals surface area (Å²) in [7, 11) is 1.50. The molecule has 0 saturated carbocycles. The number of aromatic nitrogens is 2. The van der Waals surface area contributed by atoms with Gasteiger partial charge in [0.2, 0.25) is 22.0 Å². The van der Waals surface area contributed by atoms with Crippen molar-refractivity contribution in [1.82, 2.24) is 10.2 Å². The molecule has 2 amide bonds. The van der Waals surface area contributed by atoms with Crippen LogP contribution in [-0.4, -0.2) is 35.7 Å². The molecule has 138 valence electrons. The van der Waals surface area contributed by atoms with E-state index in [1.54, 1.807) is 24.3 Å². The average Bonchev–Trinajstić information content (AvgIpc) is 3.21. The number of benzene rings is 1. The summed E-state index contributed by atoms with van der Waals surface area (Å²) < 4.78 is 42.7. The highest BCUT2D eigenvalue weighted by Crippen LogP contribution is 2.33. The highest BCUT2D eigenvalue weighted by atomic mass is 32.1. The third-order valence-electron chi connectivity index (χ3n) is 3.76. The first-order valence-electron chi connectivity index (χ1n) is 7.44. The van der Waals surface area contributed by atoms with Crippen LogP contribution in [0.5, 0.6) is 5.75 Å². The lowest BCUT2D eigenvalue weighted by Gasteiger charge is -2.17. The zero-order valence-electron chi connectivity index (χ0n) is 13.4. The Labute approximate surface area is 149 Å². The van der Waals surface area contributed by atoms with Crippen LogP contribution in [-0.2, 0) is 15.8 Å². The fourth-order valence-corrected chi connectivity index (χ4v) is 3.12. The summed E-state index contributed by atoms with van der Waals surface area (Å²) in [5, 5.41) is 7.21. The van der Waals surface area contributed by atoms with Crippen molar-refractivity contribution in [1.29, 1.82) is 0 Å². The Balaban J connectivity index is 1.68. The van der Waals surface area contributed by atoms with Gasteiger partial charge in [-0.3, -0.25) is 9.59 Å². The number of carbonyl (C=O) groups excluding carboxylic acids is 2. The third kappa shape index (κ3) is 3.77. The molecular weight excluding hydrogens is 373 g/mol. The minimum Gasteiger partial charge on any atom is -0.497 e. The molecule has 1 fully saturated rings. The number of halogens is 3. The normalized spacial score (nSPS) is 17.5. The average molecular weight is 386 g/mol. The summed E-state index contributed by atoms with van der Waals surface area (Å²) in [6.07, 6.45) is -4.67. The standard InChI is InChI=1S/C15H13F3N4O3S/c1-25-10-4-2-3-9(6-10)22-7-8(5-11(22)23)12(24)19-14-21-20-13(26-14)15(16,17)18/h2-4,6,8H,5,7H2,1H3,(H,19,21,24)/t8-/m0/s1. The maximum atomic E-state index is 12.5. The number of anilines is 2. The SMILES string of the molecule is COc1cccc(N2C[C@@H](C(=O)Nc3nnc(C(F)(F)F)s3)CC2=O)c1. The van der Waals surface area contributed by atoms with Crippen LogP contribution in [0, 0.1) is 5.92 Å². The molecule has 1 aliphatic heterocycles. The van der Waals surface area contributed by atoms with Crippen LogP contribution in [0.2, 0.25) is 0 Å². The van der Waals surface area contributed by atoms with Crippen LogP contribution in [0.1, 0.15) is 11.4 Å². The first kappa shape index (κ1) is 18.1. The largest absolute Gasteiger partial charge is 0.497 e. The second-order valence-electron chi connectivity index (χ2n) is 5.51. The quantitative estimate of drug-likeness (QED) is 0.873. The number of methoxy groups -OCH3 is 1. The van der Waals surface area contributed by atoms with E-state index < -0.39 is 23.0 Å². The van der Waals surface area contributed by atoms with Gasteiger partial charge in [-0.1, -0.05) is 17.4 Å². The van der Waals surface area contributed by atoms with Crippen molar-refractivity contribution in [3.05, 3.63) is 29.3 Å². The van der Waals surface area contributed by atoms with Gasteiger partial charge in [0.1, 0.15) is 5.75 Å². The molecule has 1 aromatic carbocycles. The molecule has 0 aliphatic carbocycles. The van der Waals surface area contributed by atoms with E-state index >= 15 is 0 Å². The van der Waals surface area contributed by atoms with Crippen molar-refractivity contribution in [3.8, 4) is 5.75 Å². The first-order valence-corrected chi connectivity index (χ1v) is 8.25. The van der Waals surface area contributed by atoms with E-state index in [1.165, 1.54) is 12.0 Å². The number of nitrogens with one attached hydrogen (secondary N) is 1. The molecule has 11 heteroatoms. The monoisotopic (exact) mass is 386 g/mol. The number of hydrogen-bond donors (Lipinski definition) is 1. The summed E-state index contributed by atoms with van der Waals surface area (Å²) in [5.41, 5.74) is 0.583. The van der Waals surface area contributed by atoms with Gasteiger partial charge in [-0.15, -0.1) is 10.2 Å². The molecule has 0 bridgehead atoms. The highest BCUT2D eigenvalue weighted by molar-refractivity contribution is 7.15. The van der Waals surface area contributed by atoms with Gasteiger partial charge < -0.3 is 15.0 Å². The van der Waals surface area contributed by atoms with Gasteiger partial charge in [-0.05, 0) is 12.1 Å². The lowest BCUT2D eigenvalue weighted by molar-refractivity contribution is -0.138. The maximum Gasteiger partial charge on any atom is 0.445 e. The predicted molar refractivity (Wildman–Crippen MR) is 87.0 cm³/mol. The summed E-state index contributed by atoms with van der Waals surface area (Å²) in [6, 6.07) is 6.82. The van der Waals surface area contributed by atoms with Crippen LogP contribution in [0.3, 0.4) is 0 Å². The summed E-state index contributed by atoms with van der Waals surface area (Å²) in [6.45, 7) is 0.114. The van der Waals surface area contributed by atoms with Crippen molar-refractivity contribution >= 4 is 34.0 Å². The Morgan fingerprint density at radius 1 is 1.38 bits per heavy atom. The first-order chi connectivity index (χ1) is 12.3. The smallest absolute Gasteiger partial charge is 0.445 e. The van der Waals surface area contributed by atoms with Crippen molar-refractivity contribution < 1.29 is 27.5 Å². The molecule has 7 nitrogen and oxygen atoms in total. The van der Waals surface area contributed by atoms with Gasteiger partial charge in [-0.25, -0.2) is 0 Å². The number of rotatable bonds is 4. The number of hydrogen-bond acceptors (Lipinski definition) is 6. The summed E-state index contributed by atoms with van der Waals surface area (Å²) in [5.74, 6) is -0.969. The van der Waals surface area contributed by atoms with Crippen molar-refractivity contribution in [2.75, 3.05) is 23.9 Å². The van der Waals surface area contributed by atoms with Gasteiger partial charge in [0.15, 0.2) is 0 Å². The van der Waals surface area contributed by atoms with E-state index in [0.29, 0.717) is 11.4 Å². The zero-order chi connectivity index (χ0) is 18.9. The van der Waals surface area contributed by atoms with Gasteiger partial charge >= 0.3 is 6.18 Å². The van der Waals surface area contributed by atoms with Crippen molar-refractivity contribution in [2.24, 2.45) is 5.92 Å². The van der Waals surface area contributed by atoms with Gasteiger partial charge in [0, 0.05) is 24.7 Å².